The van der Waals surface area contributed by atoms with E-state index in [-0.39, 0.29) is 17.5 Å². The molecule has 1 saturated carbocycles. The lowest BCUT2D eigenvalue weighted by molar-refractivity contribution is -0.111. The second-order valence-electron chi connectivity index (χ2n) is 9.26. The summed E-state index contributed by atoms with van der Waals surface area (Å²) in [5.41, 5.74) is 5.03. The molecule has 160 valence electrons. The van der Waals surface area contributed by atoms with Gasteiger partial charge in [0, 0.05) is 0 Å². The largest absolute Gasteiger partial charge is 0.507 e. The Hall–Kier alpha value is -2.35. The second-order valence-corrected chi connectivity index (χ2v) is 9.26. The summed E-state index contributed by atoms with van der Waals surface area (Å²) in [6.45, 7) is 6.21. The van der Waals surface area contributed by atoms with Crippen LogP contribution in [0.3, 0.4) is 0 Å². The Labute approximate surface area is 182 Å². The van der Waals surface area contributed by atoms with E-state index in [1.807, 2.05) is 12.2 Å². The van der Waals surface area contributed by atoms with Gasteiger partial charge in [-0.1, -0.05) is 87.1 Å². The Morgan fingerprint density at radius 3 is 2.47 bits per heavy atom. The molecule has 1 aromatic rings. The van der Waals surface area contributed by atoms with Crippen LogP contribution >= 0.6 is 0 Å². The highest BCUT2D eigenvalue weighted by Gasteiger charge is 2.23. The van der Waals surface area contributed by atoms with Crippen LogP contribution in [0.2, 0.25) is 0 Å². The highest BCUT2D eigenvalue weighted by Crippen LogP contribution is 2.32. The van der Waals surface area contributed by atoms with E-state index in [4.69, 9.17) is 0 Å². The van der Waals surface area contributed by atoms with Crippen molar-refractivity contribution in [1.82, 2.24) is 0 Å². The molecule has 0 heterocycles. The number of rotatable bonds is 7. The minimum absolute atomic E-state index is 0.125. The molecule has 2 heteroatoms. The fourth-order valence-corrected chi connectivity index (χ4v) is 4.52. The number of ketones is 1. The van der Waals surface area contributed by atoms with E-state index in [0.29, 0.717) is 12.0 Å². The zero-order valence-corrected chi connectivity index (χ0v) is 18.8. The van der Waals surface area contributed by atoms with Crippen LogP contribution in [0.1, 0.15) is 76.8 Å². The molecular weight excluding hydrogens is 368 g/mol. The van der Waals surface area contributed by atoms with Crippen molar-refractivity contribution < 1.29 is 9.90 Å². The molecule has 2 aliphatic rings. The van der Waals surface area contributed by atoms with Crippen molar-refractivity contribution >= 4 is 11.9 Å². The van der Waals surface area contributed by atoms with Gasteiger partial charge < -0.3 is 5.11 Å². The Kier molecular flexibility index (Phi) is 7.90. The molecule has 1 N–H and O–H groups in total. The lowest BCUT2D eigenvalue weighted by atomic mass is 9.84. The molecule has 1 fully saturated rings. The van der Waals surface area contributed by atoms with Crippen LogP contribution < -0.4 is 0 Å². The van der Waals surface area contributed by atoms with E-state index in [1.54, 1.807) is 6.08 Å². The molecule has 2 nitrogen and oxygen atoms in total. The highest BCUT2D eigenvalue weighted by molar-refractivity contribution is 6.09. The minimum Gasteiger partial charge on any atom is -0.507 e. The van der Waals surface area contributed by atoms with Crippen molar-refractivity contribution in [3.8, 4) is 0 Å². The predicted molar refractivity (Wildman–Crippen MR) is 126 cm³/mol. The van der Waals surface area contributed by atoms with E-state index in [0.717, 1.165) is 23.5 Å². The third-order valence-corrected chi connectivity index (χ3v) is 6.48. The van der Waals surface area contributed by atoms with E-state index in [9.17, 15) is 9.90 Å². The summed E-state index contributed by atoms with van der Waals surface area (Å²) in [5, 5.41) is 10.7. The van der Waals surface area contributed by atoms with Gasteiger partial charge in [-0.25, -0.2) is 0 Å². The van der Waals surface area contributed by atoms with Crippen molar-refractivity contribution in [3.63, 3.8) is 0 Å². The van der Waals surface area contributed by atoms with Gasteiger partial charge >= 0.3 is 0 Å². The van der Waals surface area contributed by atoms with Crippen molar-refractivity contribution in [1.29, 1.82) is 0 Å². The molecule has 30 heavy (non-hydrogen) atoms. The van der Waals surface area contributed by atoms with Crippen LogP contribution in [0.5, 0.6) is 0 Å². The lowest BCUT2D eigenvalue weighted by Crippen LogP contribution is -2.14. The summed E-state index contributed by atoms with van der Waals surface area (Å²) in [5.74, 6) is 1.14. The summed E-state index contributed by atoms with van der Waals surface area (Å²) in [7, 11) is 0. The van der Waals surface area contributed by atoms with Crippen molar-refractivity contribution in [2.24, 2.45) is 11.8 Å². The van der Waals surface area contributed by atoms with Gasteiger partial charge in [0.05, 0.1) is 5.57 Å². The molecule has 1 unspecified atom stereocenters. The topological polar surface area (TPSA) is 37.3 Å². The van der Waals surface area contributed by atoms with Gasteiger partial charge in [-0.15, -0.1) is 0 Å². The van der Waals surface area contributed by atoms with Gasteiger partial charge in [0.15, 0.2) is 5.78 Å². The van der Waals surface area contributed by atoms with Crippen LogP contribution in [0, 0.1) is 11.8 Å². The van der Waals surface area contributed by atoms with Gasteiger partial charge in [0.1, 0.15) is 5.76 Å². The molecule has 0 bridgehead atoms. The summed E-state index contributed by atoms with van der Waals surface area (Å²) in [6.07, 6.45) is 17.0. The third kappa shape index (κ3) is 6.08. The highest BCUT2D eigenvalue weighted by atomic mass is 16.3. The first-order valence-corrected chi connectivity index (χ1v) is 11.5. The zero-order valence-electron chi connectivity index (χ0n) is 18.8. The molecule has 0 aliphatic heterocycles. The lowest BCUT2D eigenvalue weighted by Gasteiger charge is -2.21. The number of aliphatic hydroxyl groups is 1. The molecule has 1 atom stereocenters. The number of allylic oxidation sites excluding steroid dienone is 6. The zero-order chi connectivity index (χ0) is 21.5. The number of hydrogen-bond acceptors (Lipinski definition) is 2. The average Bonchev–Trinajstić information content (AvgIpc) is 2.73. The molecule has 0 saturated heterocycles. The summed E-state index contributed by atoms with van der Waals surface area (Å²) in [4.78, 5) is 12.7. The molecule has 0 radical (unpaired) electrons. The maximum absolute atomic E-state index is 12.7. The third-order valence-electron chi connectivity index (χ3n) is 6.48. The monoisotopic (exact) mass is 404 g/mol. The van der Waals surface area contributed by atoms with Crippen LogP contribution in [-0.2, 0) is 11.2 Å². The summed E-state index contributed by atoms with van der Waals surface area (Å²) >= 11 is 0. The first-order valence-electron chi connectivity index (χ1n) is 11.5. The Balaban J connectivity index is 1.64. The number of aliphatic hydroxyl groups excluding tert-OH is 1. The number of carbonyl (C=O) groups is 1. The van der Waals surface area contributed by atoms with Crippen molar-refractivity contribution in [2.45, 2.75) is 72.1 Å². The van der Waals surface area contributed by atoms with Gasteiger partial charge in [-0.2, -0.15) is 0 Å². The average molecular weight is 405 g/mol. The molecule has 0 spiro atoms. The summed E-state index contributed by atoms with van der Waals surface area (Å²) in [6, 6.07) is 8.56. The Bertz CT molecular complexity index is 854. The molecule has 0 amide bonds. The Morgan fingerprint density at radius 2 is 1.80 bits per heavy atom. The van der Waals surface area contributed by atoms with Crippen LogP contribution in [-0.4, -0.2) is 10.9 Å². The van der Waals surface area contributed by atoms with Crippen molar-refractivity contribution in [2.75, 3.05) is 0 Å². The standard InChI is InChI=1S/C28H36O2/c1-20(2)9-16-25-21(3)10-17-26(28(25)30)27(29)18-15-22-11-13-24(14-12-22)19-23-7-5-4-6-8-23/h9,11-15,17-18,21,23,30H,4-8,10,16,19H2,1-3H3/b18-15+. The fourth-order valence-electron chi connectivity index (χ4n) is 4.52. The van der Waals surface area contributed by atoms with E-state index >= 15 is 0 Å². The smallest absolute Gasteiger partial charge is 0.189 e. The molecular formula is C28H36O2. The summed E-state index contributed by atoms with van der Waals surface area (Å²) < 4.78 is 0. The number of carbonyl (C=O) groups excluding carboxylic acids is 1. The van der Waals surface area contributed by atoms with E-state index in [2.05, 4.69) is 51.1 Å². The van der Waals surface area contributed by atoms with Crippen LogP contribution in [0.4, 0.5) is 0 Å². The maximum Gasteiger partial charge on any atom is 0.189 e. The van der Waals surface area contributed by atoms with Crippen LogP contribution in [0.25, 0.3) is 6.08 Å². The minimum atomic E-state index is -0.125. The first kappa shape index (κ1) is 22.3. The normalized spacial score (nSPS) is 20.4. The fraction of sp³-hybridized carbons (Fsp3) is 0.464. The number of hydrogen-bond donors (Lipinski definition) is 1. The molecule has 3 rings (SSSR count). The van der Waals surface area contributed by atoms with Crippen molar-refractivity contribution in [3.05, 3.63) is 76.1 Å². The Morgan fingerprint density at radius 1 is 1.10 bits per heavy atom. The van der Waals surface area contributed by atoms with Gasteiger partial charge in [0.25, 0.3) is 0 Å². The van der Waals surface area contributed by atoms with E-state index in [1.165, 1.54) is 49.7 Å². The maximum atomic E-state index is 12.7. The molecule has 1 aromatic carbocycles. The molecule has 2 aliphatic carbocycles. The van der Waals surface area contributed by atoms with Crippen LogP contribution in [0.15, 0.2) is 65.0 Å². The quantitative estimate of drug-likeness (QED) is 0.377. The second kappa shape index (κ2) is 10.6. The molecule has 0 aromatic heterocycles. The first-order chi connectivity index (χ1) is 14.4. The SMILES string of the molecule is CC(C)=CCC1=C(O)C(C(=O)/C=C/c2ccc(CC3CCCCC3)cc2)=CCC1C. The van der Waals surface area contributed by atoms with Gasteiger partial charge in [0.2, 0.25) is 0 Å². The van der Waals surface area contributed by atoms with Gasteiger partial charge in [-0.05, 0) is 67.7 Å². The van der Waals surface area contributed by atoms with Gasteiger partial charge in [-0.3, -0.25) is 4.79 Å². The number of benzene rings is 1. The van der Waals surface area contributed by atoms with E-state index < -0.39 is 0 Å². The predicted octanol–water partition coefficient (Wildman–Crippen LogP) is 7.53.